The van der Waals surface area contributed by atoms with E-state index in [0.717, 1.165) is 89.9 Å². The number of unbranched alkanes of at least 4 members (excludes halogenated alkanes) is 6. The highest BCUT2D eigenvalue weighted by Crippen LogP contribution is 2.44. The quantitative estimate of drug-likeness (QED) is 0.0420. The van der Waals surface area contributed by atoms with Gasteiger partial charge in [0.05, 0.1) is 44.7 Å². The Morgan fingerprint density at radius 2 is 1.21 bits per heavy atom. The lowest BCUT2D eigenvalue weighted by Crippen LogP contribution is -2.32. The second-order valence-electron chi connectivity index (χ2n) is 18.6. The Balaban J connectivity index is 0.000000331. The lowest BCUT2D eigenvalue weighted by atomic mass is 9.82. The molecule has 0 radical (unpaired) electrons. The second-order valence-corrected chi connectivity index (χ2v) is 18.6. The van der Waals surface area contributed by atoms with Gasteiger partial charge in [0, 0.05) is 51.0 Å². The molecule has 2 heterocycles. The Hall–Kier alpha value is -2.41. The molecule has 6 atom stereocenters. The molecule has 0 aromatic carbocycles. The molecule has 2 aliphatic heterocycles. The lowest BCUT2D eigenvalue weighted by molar-refractivity contribution is -0.171. The van der Waals surface area contributed by atoms with Crippen LogP contribution in [-0.4, -0.2) is 90.9 Å². The molecule has 2 N–H and O–H groups in total. The predicted octanol–water partition coefficient (Wildman–Crippen LogP) is 10.3. The van der Waals surface area contributed by atoms with Crippen LogP contribution in [0.25, 0.3) is 0 Å². The maximum absolute atomic E-state index is 12.3. The van der Waals surface area contributed by atoms with Crippen LogP contribution in [0.2, 0.25) is 0 Å². The van der Waals surface area contributed by atoms with Crippen molar-refractivity contribution in [2.24, 2.45) is 29.6 Å². The van der Waals surface area contributed by atoms with Crippen LogP contribution in [0.1, 0.15) is 176 Å². The van der Waals surface area contributed by atoms with Crippen molar-refractivity contribution >= 4 is 17.7 Å². The molecule has 3 fully saturated rings. The minimum absolute atomic E-state index is 0.0150. The molecule has 4 rings (SSSR count). The van der Waals surface area contributed by atoms with Crippen molar-refractivity contribution in [2.75, 3.05) is 33.0 Å². The monoisotopic (exact) mass is 875 g/mol. The molecule has 0 spiro atoms. The maximum Gasteiger partial charge on any atom is 0.306 e. The highest BCUT2D eigenvalue weighted by molar-refractivity contribution is 5.94. The smallest absolute Gasteiger partial charge is 0.306 e. The fourth-order valence-electron chi connectivity index (χ4n) is 9.55. The molecular formula is C51H86O11. The van der Waals surface area contributed by atoms with Crippen LogP contribution in [0.5, 0.6) is 0 Å². The van der Waals surface area contributed by atoms with E-state index in [1.54, 1.807) is 6.08 Å². The summed E-state index contributed by atoms with van der Waals surface area (Å²) in [6.45, 7) is 14.6. The molecular weight excluding hydrogens is 789 g/mol. The summed E-state index contributed by atoms with van der Waals surface area (Å²) in [5.74, 6) is -0.192. The SMILES string of the molecule is CCCCCC1(CC[C@H]2C=CC(=O)[C@@H]2C/C=C\CCCC(=O)OC(C)C)OCCO1.CCCCCC1(CC[C@H]2[C@H](CO)C[C@H](O)[C@@H]2CC=CCCCC(=O)OC(C)C)OCCO1. The third-order valence-corrected chi connectivity index (χ3v) is 12.9. The zero-order valence-corrected chi connectivity index (χ0v) is 39.5. The largest absolute Gasteiger partial charge is 0.463 e. The van der Waals surface area contributed by atoms with Crippen molar-refractivity contribution in [3.8, 4) is 0 Å². The molecule has 62 heavy (non-hydrogen) atoms. The summed E-state index contributed by atoms with van der Waals surface area (Å²) in [5, 5.41) is 20.6. The van der Waals surface area contributed by atoms with E-state index in [9.17, 15) is 24.6 Å². The van der Waals surface area contributed by atoms with Crippen molar-refractivity contribution in [3.05, 3.63) is 36.5 Å². The summed E-state index contributed by atoms with van der Waals surface area (Å²) in [4.78, 5) is 35.5. The number of hydrogen-bond acceptors (Lipinski definition) is 11. The van der Waals surface area contributed by atoms with Crippen molar-refractivity contribution in [1.82, 2.24) is 0 Å². The first-order valence-electron chi connectivity index (χ1n) is 24.6. The molecule has 4 aliphatic rings. The van der Waals surface area contributed by atoms with Gasteiger partial charge < -0.3 is 38.6 Å². The highest BCUT2D eigenvalue weighted by Gasteiger charge is 2.44. The number of carbonyl (C=O) groups excluding carboxylic acids is 3. The molecule has 0 aromatic rings. The molecule has 0 aromatic heterocycles. The summed E-state index contributed by atoms with van der Waals surface area (Å²) in [6, 6.07) is 0. The van der Waals surface area contributed by atoms with Crippen LogP contribution in [0.3, 0.4) is 0 Å². The molecule has 0 amide bonds. The number of carbonyl (C=O) groups is 3. The molecule has 11 heteroatoms. The van der Waals surface area contributed by atoms with Crippen LogP contribution in [0.15, 0.2) is 36.5 Å². The lowest BCUT2D eigenvalue weighted by Gasteiger charge is -2.31. The molecule has 1 saturated carbocycles. The van der Waals surface area contributed by atoms with Crippen molar-refractivity contribution in [1.29, 1.82) is 0 Å². The van der Waals surface area contributed by atoms with Gasteiger partial charge in [0.2, 0.25) is 0 Å². The van der Waals surface area contributed by atoms with Gasteiger partial charge in [0.25, 0.3) is 0 Å². The van der Waals surface area contributed by atoms with E-state index in [1.807, 2.05) is 27.7 Å². The molecule has 11 nitrogen and oxygen atoms in total. The Morgan fingerprint density at radius 1 is 0.710 bits per heavy atom. The number of ether oxygens (including phenoxy) is 6. The molecule has 2 aliphatic carbocycles. The molecule has 0 bridgehead atoms. The van der Waals surface area contributed by atoms with Crippen LogP contribution in [0.4, 0.5) is 0 Å². The average Bonchev–Trinajstić information content (AvgIpc) is 4.04. The molecule has 0 unspecified atom stereocenters. The number of rotatable bonds is 29. The van der Waals surface area contributed by atoms with Crippen LogP contribution in [0, 0.1) is 29.6 Å². The van der Waals surface area contributed by atoms with Gasteiger partial charge in [-0.25, -0.2) is 0 Å². The van der Waals surface area contributed by atoms with Crippen molar-refractivity contribution in [2.45, 2.75) is 206 Å². The van der Waals surface area contributed by atoms with Crippen LogP contribution in [-0.2, 0) is 42.8 Å². The minimum atomic E-state index is -0.478. The first-order chi connectivity index (χ1) is 29.9. The normalized spacial score (nSPS) is 25.4. The first-order valence-corrected chi connectivity index (χ1v) is 24.6. The number of hydrogen-bond donors (Lipinski definition) is 2. The zero-order chi connectivity index (χ0) is 45.2. The van der Waals surface area contributed by atoms with E-state index in [0.29, 0.717) is 45.7 Å². The first kappa shape index (κ1) is 53.9. The van der Waals surface area contributed by atoms with Gasteiger partial charge in [-0.1, -0.05) is 69.9 Å². The Labute approximate surface area is 375 Å². The van der Waals surface area contributed by atoms with Gasteiger partial charge in [-0.3, -0.25) is 14.4 Å². The highest BCUT2D eigenvalue weighted by atomic mass is 16.7. The Morgan fingerprint density at radius 3 is 1.69 bits per heavy atom. The van der Waals surface area contributed by atoms with Crippen LogP contribution >= 0.6 is 0 Å². The van der Waals surface area contributed by atoms with E-state index in [1.165, 1.54) is 25.7 Å². The topological polar surface area (TPSA) is 147 Å². The van der Waals surface area contributed by atoms with Gasteiger partial charge in [0.15, 0.2) is 17.4 Å². The Kier molecular flexibility index (Phi) is 26.0. The predicted molar refractivity (Wildman–Crippen MR) is 243 cm³/mol. The molecule has 356 valence electrons. The summed E-state index contributed by atoms with van der Waals surface area (Å²) in [7, 11) is 0. The number of esters is 2. The van der Waals surface area contributed by atoms with Gasteiger partial charge in [0.1, 0.15) is 0 Å². The summed E-state index contributed by atoms with van der Waals surface area (Å²) >= 11 is 0. The van der Waals surface area contributed by atoms with Gasteiger partial charge >= 0.3 is 11.9 Å². The minimum Gasteiger partial charge on any atom is -0.463 e. The molecule has 2 saturated heterocycles. The Bertz CT molecular complexity index is 1340. The van der Waals surface area contributed by atoms with E-state index in [4.69, 9.17) is 28.4 Å². The number of ketones is 1. The van der Waals surface area contributed by atoms with E-state index >= 15 is 0 Å². The third kappa shape index (κ3) is 19.8. The van der Waals surface area contributed by atoms with E-state index in [2.05, 4.69) is 44.2 Å². The summed E-state index contributed by atoms with van der Waals surface area (Å²) in [5.41, 5.74) is 0. The van der Waals surface area contributed by atoms with Gasteiger partial charge in [-0.15, -0.1) is 0 Å². The fourth-order valence-corrected chi connectivity index (χ4v) is 9.55. The summed E-state index contributed by atoms with van der Waals surface area (Å²) in [6.07, 6.45) is 30.3. The number of allylic oxidation sites excluding steroid dienone is 6. The van der Waals surface area contributed by atoms with Gasteiger partial charge in [-0.2, -0.15) is 0 Å². The number of aliphatic hydroxyl groups excluding tert-OH is 2. The van der Waals surface area contributed by atoms with Gasteiger partial charge in [-0.05, 0) is 128 Å². The fraction of sp³-hybridized carbons (Fsp3) is 0.824. The zero-order valence-electron chi connectivity index (χ0n) is 39.5. The average molecular weight is 875 g/mol. The van der Waals surface area contributed by atoms with E-state index < -0.39 is 11.6 Å². The summed E-state index contributed by atoms with van der Waals surface area (Å²) < 4.78 is 34.4. The standard InChI is InChI=1S/C26H46O6.C25H40O5/c1-4-5-10-14-26(30-16-17-31-26)15-13-22-21(19-27)18-24(28)23(22)11-8-6-7-9-12-25(29)32-20(2)3;1-4-5-10-16-25(28-18-19-29-25)17-15-21-13-14-23(26)22(21)11-8-6-7-9-12-24(27)30-20(2)3/h6,8,20-24,27-28H,4-5,7,9-19H2,1-3H3;6,8,13-14,20-22H,4-5,7,9-12,15-19H2,1-3H3/b;8-6-/t21-,22-,23+,24-;21-,22-/m01/s1. The van der Waals surface area contributed by atoms with Crippen LogP contribution < -0.4 is 0 Å². The second kappa shape index (κ2) is 29.9. The maximum atomic E-state index is 12.3. The third-order valence-electron chi connectivity index (χ3n) is 12.9. The number of aliphatic hydroxyl groups is 2. The van der Waals surface area contributed by atoms with Crippen molar-refractivity contribution < 1.29 is 53.0 Å². The van der Waals surface area contributed by atoms with Crippen molar-refractivity contribution in [3.63, 3.8) is 0 Å². The van der Waals surface area contributed by atoms with E-state index in [-0.39, 0.29) is 72.2 Å².